The molecule has 0 heterocycles. The van der Waals surface area contributed by atoms with Gasteiger partial charge in [0.25, 0.3) is 0 Å². The van der Waals surface area contributed by atoms with Crippen LogP contribution in [0.25, 0.3) is 0 Å². The topological polar surface area (TPSA) is 0 Å². The molecule has 0 aromatic rings. The van der Waals surface area contributed by atoms with E-state index in [1.807, 2.05) is 0 Å². The molecule has 0 rings (SSSR count). The van der Waals surface area contributed by atoms with Crippen molar-refractivity contribution in [3.63, 3.8) is 0 Å². The molecule has 382 valence electrons. The minimum Gasteiger partial charge on any atom is -0.0776 e. The maximum Gasteiger partial charge on any atom is -0.0295 e. The molecule has 0 amide bonds. The molecule has 0 heteroatoms. The first-order chi connectivity index (χ1) is 27.5. The Morgan fingerprint density at radius 2 is 0.274 bits per heavy atom. The van der Waals surface area contributed by atoms with E-state index in [1.165, 1.54) is 135 Å². The minimum atomic E-state index is 0. The first-order valence-corrected chi connectivity index (χ1v) is 27.5. The second-order valence-electron chi connectivity index (χ2n) is 26.7. The Morgan fingerprint density at radius 3 is 0.339 bits per heavy atom. The predicted molar refractivity (Wildman–Crippen MR) is 296 cm³/mol. The van der Waals surface area contributed by atoms with E-state index in [1.54, 1.807) is 0 Å². The van der Waals surface area contributed by atoms with E-state index in [-0.39, 0.29) is 14.9 Å². The quantitative estimate of drug-likeness (QED) is 0.0616. The van der Waals surface area contributed by atoms with Crippen LogP contribution in [0.1, 0.15) is 316 Å². The van der Waals surface area contributed by atoms with Crippen molar-refractivity contribution in [1.29, 1.82) is 0 Å². The van der Waals surface area contributed by atoms with Crippen LogP contribution in [0.15, 0.2) is 0 Å². The van der Waals surface area contributed by atoms with Gasteiger partial charge in [-0.25, -0.2) is 0 Å². The lowest BCUT2D eigenvalue weighted by molar-refractivity contribution is 0.140. The molecule has 0 atom stereocenters. The average molecular weight is 880 g/mol. The van der Waals surface area contributed by atoms with Crippen LogP contribution in [-0.4, -0.2) is 0 Å². The van der Waals surface area contributed by atoms with Crippen LogP contribution in [0.4, 0.5) is 0 Å². The van der Waals surface area contributed by atoms with Crippen LogP contribution in [-0.2, 0) is 0 Å². The summed E-state index contributed by atoms with van der Waals surface area (Å²) in [4.78, 5) is 0. The van der Waals surface area contributed by atoms with Gasteiger partial charge in [0.05, 0.1) is 0 Å². The lowest BCUT2D eigenvalue weighted by atomic mass is 9.68. The Bertz CT molecular complexity index is 692. The summed E-state index contributed by atoms with van der Waals surface area (Å²) in [6.07, 6.45) is 30.0. The third-order valence-corrected chi connectivity index (χ3v) is 13.8. The molecule has 0 aromatic carbocycles. The molecule has 0 N–H and O–H groups in total. The molecule has 0 aliphatic carbocycles. The van der Waals surface area contributed by atoms with Crippen molar-refractivity contribution in [2.45, 2.75) is 316 Å². The Labute approximate surface area is 401 Å². The molecular formula is C62H134. The summed E-state index contributed by atoms with van der Waals surface area (Å²) in [6.45, 7) is 57.3. The third-order valence-electron chi connectivity index (χ3n) is 13.8. The van der Waals surface area contributed by atoms with Crippen molar-refractivity contribution in [3.8, 4) is 0 Å². The van der Waals surface area contributed by atoms with Crippen LogP contribution in [0.2, 0.25) is 0 Å². The van der Waals surface area contributed by atoms with Gasteiger partial charge in [-0.2, -0.15) is 0 Å². The number of rotatable bonds is 33. The van der Waals surface area contributed by atoms with Gasteiger partial charge in [-0.05, 0) is 164 Å². The van der Waals surface area contributed by atoms with Gasteiger partial charge in [-0.15, -0.1) is 0 Å². The van der Waals surface area contributed by atoms with Crippen molar-refractivity contribution < 1.29 is 0 Å². The second-order valence-corrected chi connectivity index (χ2v) is 26.7. The van der Waals surface area contributed by atoms with E-state index in [9.17, 15) is 0 Å². The largest absolute Gasteiger partial charge is 0.0776 e. The molecular weight excluding hydrogens is 745 g/mol. The maximum absolute atomic E-state index is 2.41. The fourth-order valence-electron chi connectivity index (χ4n) is 10.00. The molecule has 62 heavy (non-hydrogen) atoms. The van der Waals surface area contributed by atoms with E-state index in [0.717, 1.165) is 71.0 Å². The minimum absolute atomic E-state index is 0. The van der Waals surface area contributed by atoms with Gasteiger partial charge in [0.1, 0.15) is 0 Å². The van der Waals surface area contributed by atoms with Gasteiger partial charge in [0.15, 0.2) is 0 Å². The number of hydrogen-bond donors (Lipinski definition) is 0. The molecule has 0 radical (unpaired) electrons. The Morgan fingerprint density at radius 1 is 0.177 bits per heavy atom. The first-order valence-electron chi connectivity index (χ1n) is 27.5. The summed E-state index contributed by atoms with van der Waals surface area (Å²) in [5, 5.41) is 0. The summed E-state index contributed by atoms with van der Waals surface area (Å²) >= 11 is 0. The summed E-state index contributed by atoms with van der Waals surface area (Å²) in [7, 11) is 0. The fourth-order valence-corrected chi connectivity index (χ4v) is 10.00. The van der Waals surface area contributed by atoms with Crippen LogP contribution < -0.4 is 0 Å². The van der Waals surface area contributed by atoms with Crippen LogP contribution in [0, 0.1) is 87.3 Å². The smallest absolute Gasteiger partial charge is 0.0295 e. The van der Waals surface area contributed by atoms with E-state index in [4.69, 9.17) is 0 Å². The van der Waals surface area contributed by atoms with Crippen molar-refractivity contribution in [3.05, 3.63) is 0 Å². The molecule has 0 bridgehead atoms. The standard InChI is InChI=1S/3C20H42.2CH4/c3*1-16(2)9-12-20(15-19(7)8,13-10-17(3)4)14-11-18(5)6;;/h3*16-19H,9-15H2,1-8H3;2*1H4. The van der Waals surface area contributed by atoms with Gasteiger partial charge in [0.2, 0.25) is 0 Å². The SMILES string of the molecule is C.C.CC(C)CCC(CCC(C)C)(CCC(C)C)CC(C)C.CC(C)CCC(CCC(C)C)(CCC(C)C)CC(C)C.CC(C)CCC(CCC(C)C)(CCC(C)C)CC(C)C. The van der Waals surface area contributed by atoms with Crippen molar-refractivity contribution >= 4 is 0 Å². The van der Waals surface area contributed by atoms with Crippen molar-refractivity contribution in [2.75, 3.05) is 0 Å². The normalized spacial score (nSPS) is 12.8. The molecule has 0 aromatic heterocycles. The van der Waals surface area contributed by atoms with Gasteiger partial charge >= 0.3 is 0 Å². The highest BCUT2D eigenvalue weighted by atomic mass is 14.4. The summed E-state index contributed by atoms with van der Waals surface area (Å²) in [5.74, 6) is 10.1. The highest BCUT2D eigenvalue weighted by molar-refractivity contribution is 4.85. The zero-order chi connectivity index (χ0) is 47.3. The summed E-state index contributed by atoms with van der Waals surface area (Å²) in [6, 6.07) is 0. The van der Waals surface area contributed by atoms with Crippen molar-refractivity contribution in [1.82, 2.24) is 0 Å². The lowest BCUT2D eigenvalue weighted by Crippen LogP contribution is -2.25. The second kappa shape index (κ2) is 39.0. The van der Waals surface area contributed by atoms with E-state index < -0.39 is 0 Å². The van der Waals surface area contributed by atoms with E-state index in [2.05, 4.69) is 166 Å². The molecule has 0 fully saturated rings. The summed E-state index contributed by atoms with van der Waals surface area (Å²) < 4.78 is 0. The van der Waals surface area contributed by atoms with Gasteiger partial charge in [-0.3, -0.25) is 0 Å². The molecule has 0 aliphatic rings. The van der Waals surface area contributed by atoms with Crippen molar-refractivity contribution in [2.24, 2.45) is 87.3 Å². The van der Waals surface area contributed by atoms with Crippen LogP contribution >= 0.6 is 0 Å². The summed E-state index contributed by atoms with van der Waals surface area (Å²) in [5.41, 5.74) is 1.85. The Hall–Kier alpha value is 0. The lowest BCUT2D eigenvalue weighted by Gasteiger charge is -2.38. The van der Waals surface area contributed by atoms with Gasteiger partial charge in [-0.1, -0.05) is 239 Å². The Balaban J connectivity index is -0.000000258. The molecule has 0 spiro atoms. The highest BCUT2D eigenvalue weighted by Crippen LogP contribution is 2.46. The first kappa shape index (κ1) is 71.0. The maximum atomic E-state index is 2.41. The highest BCUT2D eigenvalue weighted by Gasteiger charge is 2.33. The third kappa shape index (κ3) is 43.9. The Kier molecular flexibility index (Phi) is 44.7. The fraction of sp³-hybridized carbons (Fsp3) is 1.00. The predicted octanol–water partition coefficient (Wildman–Crippen LogP) is 23.3. The zero-order valence-electron chi connectivity index (χ0n) is 47.3. The molecule has 0 nitrogen and oxygen atoms in total. The molecule has 0 saturated carbocycles. The number of hydrogen-bond acceptors (Lipinski definition) is 0. The molecule has 0 unspecified atom stereocenters. The molecule has 0 saturated heterocycles. The van der Waals surface area contributed by atoms with Crippen LogP contribution in [0.3, 0.4) is 0 Å². The van der Waals surface area contributed by atoms with E-state index >= 15 is 0 Å². The van der Waals surface area contributed by atoms with E-state index in [0.29, 0.717) is 16.2 Å². The van der Waals surface area contributed by atoms with Gasteiger partial charge in [0, 0.05) is 0 Å². The zero-order valence-corrected chi connectivity index (χ0v) is 47.3. The monoisotopic (exact) mass is 879 g/mol. The van der Waals surface area contributed by atoms with Gasteiger partial charge < -0.3 is 0 Å². The average Bonchev–Trinajstić information content (AvgIpc) is 3.09. The van der Waals surface area contributed by atoms with Crippen LogP contribution in [0.5, 0.6) is 0 Å². The molecule has 0 aliphatic heterocycles.